The van der Waals surface area contributed by atoms with Gasteiger partial charge < -0.3 is 10.2 Å². The summed E-state index contributed by atoms with van der Waals surface area (Å²) in [5.74, 6) is 0.850. The average molecular weight is 246 g/mol. The van der Waals surface area contributed by atoms with E-state index in [-0.39, 0.29) is 0 Å². The van der Waals surface area contributed by atoms with Gasteiger partial charge in [0.15, 0.2) is 0 Å². The van der Waals surface area contributed by atoms with Crippen molar-refractivity contribution in [3.05, 3.63) is 0 Å². The number of hydrogen-bond donors (Lipinski definition) is 1. The Morgan fingerprint density at radius 2 is 2.31 bits per heavy atom. The summed E-state index contributed by atoms with van der Waals surface area (Å²) >= 11 is 0. The predicted molar refractivity (Wildman–Crippen MR) is 71.3 cm³/mol. The first-order valence-electron chi connectivity index (χ1n) is 6.48. The Balaban J connectivity index is 2.25. The van der Waals surface area contributed by atoms with Crippen LogP contribution < -0.4 is 5.32 Å². The van der Waals surface area contributed by atoms with E-state index in [0.717, 1.165) is 25.3 Å². The highest BCUT2D eigenvalue weighted by Crippen LogP contribution is 2.06. The summed E-state index contributed by atoms with van der Waals surface area (Å²) in [5.41, 5.74) is 0. The van der Waals surface area contributed by atoms with E-state index in [0.29, 0.717) is 6.04 Å². The van der Waals surface area contributed by atoms with Gasteiger partial charge >= 0.3 is 0 Å². The Kier molecular flexibility index (Phi) is 7.25. The quantitative estimate of drug-likeness (QED) is 0.765. The zero-order valence-corrected chi connectivity index (χ0v) is 11.5. The topological polar surface area (TPSA) is 32.3 Å². The molecule has 1 aliphatic heterocycles. The van der Waals surface area contributed by atoms with Gasteiger partial charge in [-0.3, -0.25) is 4.21 Å². The lowest BCUT2D eigenvalue weighted by Crippen LogP contribution is -2.38. The molecule has 0 aromatic rings. The number of rotatable bonds is 6. The lowest BCUT2D eigenvalue weighted by Gasteiger charge is -2.23. The molecule has 1 aliphatic rings. The van der Waals surface area contributed by atoms with Crippen LogP contribution in [0.5, 0.6) is 0 Å². The zero-order valence-electron chi connectivity index (χ0n) is 10.7. The molecule has 1 heterocycles. The third kappa shape index (κ3) is 5.97. The van der Waals surface area contributed by atoms with Crippen LogP contribution in [-0.4, -0.2) is 53.3 Å². The molecule has 1 fully saturated rings. The lowest BCUT2D eigenvalue weighted by atomic mass is 10.1. The van der Waals surface area contributed by atoms with Crippen molar-refractivity contribution in [1.82, 2.24) is 10.2 Å². The van der Waals surface area contributed by atoms with Gasteiger partial charge in [-0.1, -0.05) is 13.3 Å². The molecule has 0 amide bonds. The molecule has 2 unspecified atom stereocenters. The standard InChI is InChI=1S/C12H26N2OS/c1-3-6-12-11-14(8-4-7-13-12)9-5-10-16(2)15/h12-13H,3-11H2,1-2H3. The first-order chi connectivity index (χ1) is 7.72. The number of nitrogens with zero attached hydrogens (tertiary/aromatic N) is 1. The van der Waals surface area contributed by atoms with E-state index >= 15 is 0 Å². The van der Waals surface area contributed by atoms with Gasteiger partial charge in [-0.15, -0.1) is 0 Å². The molecule has 96 valence electrons. The Morgan fingerprint density at radius 1 is 1.50 bits per heavy atom. The van der Waals surface area contributed by atoms with Gasteiger partial charge in [-0.2, -0.15) is 0 Å². The molecular formula is C12H26N2OS. The van der Waals surface area contributed by atoms with Crippen molar-refractivity contribution in [1.29, 1.82) is 0 Å². The molecule has 0 bridgehead atoms. The van der Waals surface area contributed by atoms with Gasteiger partial charge in [0.05, 0.1) is 0 Å². The molecule has 0 radical (unpaired) electrons. The molecule has 0 spiro atoms. The second-order valence-electron chi connectivity index (χ2n) is 4.72. The Labute approximate surface area is 102 Å². The molecule has 4 heteroatoms. The Bertz CT molecular complexity index is 211. The average Bonchev–Trinajstić information content (AvgIpc) is 2.44. The van der Waals surface area contributed by atoms with E-state index in [9.17, 15) is 4.21 Å². The van der Waals surface area contributed by atoms with Crippen molar-refractivity contribution in [2.24, 2.45) is 0 Å². The molecule has 2 atom stereocenters. The monoisotopic (exact) mass is 246 g/mol. The van der Waals surface area contributed by atoms with Crippen LogP contribution in [0, 0.1) is 0 Å². The van der Waals surface area contributed by atoms with Crippen LogP contribution in [0.25, 0.3) is 0 Å². The van der Waals surface area contributed by atoms with Crippen LogP contribution in [0.1, 0.15) is 32.6 Å². The summed E-state index contributed by atoms with van der Waals surface area (Å²) in [6, 6.07) is 0.666. The zero-order chi connectivity index (χ0) is 11.8. The molecule has 3 nitrogen and oxygen atoms in total. The Morgan fingerprint density at radius 3 is 3.00 bits per heavy atom. The van der Waals surface area contributed by atoms with E-state index in [1.54, 1.807) is 6.26 Å². The molecule has 1 saturated heterocycles. The first kappa shape index (κ1) is 14.1. The number of nitrogens with one attached hydrogen (secondary N) is 1. The first-order valence-corrected chi connectivity index (χ1v) is 8.21. The van der Waals surface area contributed by atoms with Crippen molar-refractivity contribution < 1.29 is 4.21 Å². The van der Waals surface area contributed by atoms with Gasteiger partial charge in [0.1, 0.15) is 0 Å². The van der Waals surface area contributed by atoms with E-state index in [2.05, 4.69) is 17.1 Å². The highest BCUT2D eigenvalue weighted by atomic mass is 32.2. The fourth-order valence-corrected chi connectivity index (χ4v) is 2.85. The largest absolute Gasteiger partial charge is 0.313 e. The second-order valence-corrected chi connectivity index (χ2v) is 6.28. The minimum absolute atomic E-state index is 0.629. The molecule has 1 rings (SSSR count). The van der Waals surface area contributed by atoms with Crippen molar-refractivity contribution in [3.8, 4) is 0 Å². The summed E-state index contributed by atoms with van der Waals surface area (Å²) in [4.78, 5) is 2.53. The van der Waals surface area contributed by atoms with E-state index in [1.807, 2.05) is 0 Å². The minimum Gasteiger partial charge on any atom is -0.313 e. The van der Waals surface area contributed by atoms with Gasteiger partial charge in [0, 0.05) is 35.4 Å². The molecule has 0 aliphatic carbocycles. The van der Waals surface area contributed by atoms with E-state index < -0.39 is 10.8 Å². The maximum absolute atomic E-state index is 11.0. The van der Waals surface area contributed by atoms with Crippen LogP contribution in [0.2, 0.25) is 0 Å². The van der Waals surface area contributed by atoms with Crippen LogP contribution in [0.15, 0.2) is 0 Å². The fourth-order valence-electron chi connectivity index (χ4n) is 2.31. The summed E-state index contributed by atoms with van der Waals surface area (Å²) in [7, 11) is -0.629. The van der Waals surface area contributed by atoms with Crippen molar-refractivity contribution >= 4 is 10.8 Å². The molecular weight excluding hydrogens is 220 g/mol. The van der Waals surface area contributed by atoms with Crippen molar-refractivity contribution in [2.75, 3.05) is 38.2 Å². The van der Waals surface area contributed by atoms with Gasteiger partial charge in [0.2, 0.25) is 0 Å². The smallest absolute Gasteiger partial charge is 0.0244 e. The van der Waals surface area contributed by atoms with Crippen LogP contribution >= 0.6 is 0 Å². The van der Waals surface area contributed by atoms with Crippen LogP contribution in [-0.2, 0) is 10.8 Å². The molecule has 1 N–H and O–H groups in total. The van der Waals surface area contributed by atoms with Gasteiger partial charge in [-0.25, -0.2) is 0 Å². The molecule has 16 heavy (non-hydrogen) atoms. The van der Waals surface area contributed by atoms with Gasteiger partial charge in [-0.05, 0) is 38.9 Å². The lowest BCUT2D eigenvalue weighted by molar-refractivity contribution is 0.264. The van der Waals surface area contributed by atoms with Crippen molar-refractivity contribution in [2.45, 2.75) is 38.6 Å². The fraction of sp³-hybridized carbons (Fsp3) is 1.00. The summed E-state index contributed by atoms with van der Waals surface area (Å²) in [6.07, 6.45) is 6.64. The number of hydrogen-bond acceptors (Lipinski definition) is 3. The third-order valence-electron chi connectivity index (χ3n) is 3.11. The highest BCUT2D eigenvalue weighted by Gasteiger charge is 2.16. The Hall–Kier alpha value is 0.0700. The summed E-state index contributed by atoms with van der Waals surface area (Å²) in [5, 5.41) is 3.61. The highest BCUT2D eigenvalue weighted by molar-refractivity contribution is 7.84. The minimum atomic E-state index is -0.629. The van der Waals surface area contributed by atoms with E-state index in [1.165, 1.54) is 32.4 Å². The maximum atomic E-state index is 11.0. The van der Waals surface area contributed by atoms with E-state index in [4.69, 9.17) is 0 Å². The molecule has 0 aromatic heterocycles. The second kappa shape index (κ2) is 8.20. The van der Waals surface area contributed by atoms with Crippen LogP contribution in [0.3, 0.4) is 0 Å². The predicted octanol–water partition coefficient (Wildman–Crippen LogP) is 1.22. The van der Waals surface area contributed by atoms with Crippen molar-refractivity contribution in [3.63, 3.8) is 0 Å². The van der Waals surface area contributed by atoms with Gasteiger partial charge in [0.25, 0.3) is 0 Å². The molecule has 0 saturated carbocycles. The molecule has 0 aromatic carbocycles. The third-order valence-corrected chi connectivity index (χ3v) is 3.97. The SMILES string of the molecule is CCCC1CN(CCCS(C)=O)CCCN1. The summed E-state index contributed by atoms with van der Waals surface area (Å²) in [6.45, 7) is 6.88. The summed E-state index contributed by atoms with van der Waals surface area (Å²) < 4.78 is 11.0. The maximum Gasteiger partial charge on any atom is 0.0244 e. The van der Waals surface area contributed by atoms with Crippen LogP contribution in [0.4, 0.5) is 0 Å². The normalized spacial score (nSPS) is 25.2.